The number of carbonyl (C=O) groups is 1. The van der Waals surface area contributed by atoms with Gasteiger partial charge >= 0.3 is 5.97 Å². The zero-order chi connectivity index (χ0) is 11.8. The van der Waals surface area contributed by atoms with E-state index in [2.05, 4.69) is 4.99 Å². The van der Waals surface area contributed by atoms with E-state index in [0.29, 0.717) is 6.42 Å². The van der Waals surface area contributed by atoms with E-state index in [1.54, 1.807) is 7.05 Å². The van der Waals surface area contributed by atoms with Gasteiger partial charge in [-0.25, -0.2) is 0 Å². The van der Waals surface area contributed by atoms with Gasteiger partial charge in [0.25, 0.3) is 0 Å². The topological polar surface area (TPSA) is 78.9 Å². The minimum atomic E-state index is -0.922. The minimum absolute atomic E-state index is 0. The average molecular weight is 288 g/mol. The lowest BCUT2D eigenvalue weighted by molar-refractivity contribution is -0.138. The van der Waals surface area contributed by atoms with Crippen LogP contribution < -0.4 is 5.73 Å². The molecular weight excluding hydrogens is 265 g/mol. The molecule has 0 bridgehead atoms. The molecule has 0 aliphatic rings. The predicted molar refractivity (Wildman–Crippen MR) is 75.6 cm³/mol. The molecule has 0 amide bonds. The lowest BCUT2D eigenvalue weighted by Gasteiger charge is -2.18. The molecule has 0 radical (unpaired) electrons. The molecule has 0 fully saturated rings. The van der Waals surface area contributed by atoms with Crippen molar-refractivity contribution in [1.29, 1.82) is 0 Å². The molecule has 0 aliphatic carbocycles. The first-order valence-electron chi connectivity index (χ1n) is 5.12. The van der Waals surface area contributed by atoms with Crippen LogP contribution in [0.3, 0.4) is 0 Å². The number of nitrogens with zero attached hydrogens (tertiary/aromatic N) is 2. The highest BCUT2D eigenvalue weighted by Gasteiger charge is 2.10. The zero-order valence-electron chi connectivity index (χ0n) is 10.5. The summed E-state index contributed by atoms with van der Waals surface area (Å²) in [4.78, 5) is 16.5. The van der Waals surface area contributed by atoms with Gasteiger partial charge < -0.3 is 15.7 Å². The van der Waals surface area contributed by atoms with Crippen LogP contribution in [0.25, 0.3) is 0 Å². The fourth-order valence-corrected chi connectivity index (χ4v) is 1.17. The third kappa shape index (κ3) is 10.4. The second-order valence-electron chi connectivity index (χ2n) is 3.63. The van der Waals surface area contributed by atoms with E-state index in [0.717, 1.165) is 25.2 Å². The van der Waals surface area contributed by atoms with E-state index in [9.17, 15) is 4.79 Å². The van der Waals surface area contributed by atoms with Crippen molar-refractivity contribution in [3.8, 4) is 0 Å². The van der Waals surface area contributed by atoms with E-state index in [1.165, 1.54) is 0 Å². The van der Waals surface area contributed by atoms with Gasteiger partial charge in [-0.2, -0.15) is 0 Å². The number of unbranched alkanes of at least 4 members (excludes halogenated alkanes) is 1. The Morgan fingerprint density at radius 1 is 1.41 bits per heavy atom. The summed E-state index contributed by atoms with van der Waals surface area (Å²) >= 11 is 0. The molecule has 1 atom stereocenters. The number of rotatable bonds is 6. The summed E-state index contributed by atoms with van der Waals surface area (Å²) in [7, 11) is 3.73. The van der Waals surface area contributed by atoms with Gasteiger partial charge in [-0.1, -0.05) is 0 Å². The summed E-state index contributed by atoms with van der Waals surface area (Å²) < 4.78 is 0. The highest BCUT2D eigenvalue weighted by atomic mass is 35.5. The number of aliphatic imine (C=N–C) groups is 1. The Hall–Kier alpha value is -0.520. The molecule has 7 heteroatoms. The summed E-state index contributed by atoms with van der Waals surface area (Å²) in [5.74, 6) is 0.0622. The molecule has 17 heavy (non-hydrogen) atoms. The number of aliphatic carboxylic acids is 1. The van der Waals surface area contributed by atoms with E-state index < -0.39 is 12.0 Å². The quantitative estimate of drug-likeness (QED) is 0.440. The molecule has 0 saturated carbocycles. The predicted octanol–water partition coefficient (Wildman–Crippen LogP) is 1.39. The van der Waals surface area contributed by atoms with Crippen LogP contribution in [0, 0.1) is 0 Å². The maximum atomic E-state index is 10.4. The van der Waals surface area contributed by atoms with Crippen LogP contribution in [-0.2, 0) is 4.79 Å². The average Bonchev–Trinajstić information content (AvgIpc) is 2.22. The van der Waals surface area contributed by atoms with Crippen molar-refractivity contribution < 1.29 is 9.90 Å². The fourth-order valence-electron chi connectivity index (χ4n) is 1.17. The van der Waals surface area contributed by atoms with Gasteiger partial charge in [-0.05, 0) is 26.2 Å². The van der Waals surface area contributed by atoms with Crippen molar-refractivity contribution in [2.75, 3.05) is 20.6 Å². The zero-order valence-corrected chi connectivity index (χ0v) is 12.2. The van der Waals surface area contributed by atoms with Gasteiger partial charge in [0.2, 0.25) is 0 Å². The van der Waals surface area contributed by atoms with Crippen LogP contribution in [0.5, 0.6) is 0 Å². The summed E-state index contributed by atoms with van der Waals surface area (Å²) in [6.07, 6.45) is 2.30. The molecule has 5 nitrogen and oxygen atoms in total. The number of nitrogens with two attached hydrogens (primary N) is 1. The molecular formula is C10H23Cl2N3O2. The van der Waals surface area contributed by atoms with Crippen LogP contribution in [0.1, 0.15) is 26.2 Å². The second kappa shape index (κ2) is 12.0. The number of carboxylic acid groups (broad SMARTS) is 1. The standard InChI is InChI=1S/C10H21N3O2.2ClH/c1-8(12-2)13(3)7-5-4-6-9(11)10(14)15;;/h9H,4-7,11H2,1-3H3,(H,14,15);2*1H/t9-;;/m0../s1. The maximum absolute atomic E-state index is 10.4. The monoisotopic (exact) mass is 287 g/mol. The van der Waals surface area contributed by atoms with Crippen molar-refractivity contribution in [2.45, 2.75) is 32.2 Å². The molecule has 0 saturated heterocycles. The number of carboxylic acids is 1. The Labute approximate surface area is 115 Å². The van der Waals surface area contributed by atoms with Gasteiger partial charge in [0, 0.05) is 20.6 Å². The third-order valence-corrected chi connectivity index (χ3v) is 2.45. The molecule has 0 spiro atoms. The maximum Gasteiger partial charge on any atom is 0.320 e. The second-order valence-corrected chi connectivity index (χ2v) is 3.63. The van der Waals surface area contributed by atoms with Crippen LogP contribution >= 0.6 is 24.8 Å². The third-order valence-electron chi connectivity index (χ3n) is 2.45. The Balaban J connectivity index is -0.000000980. The highest BCUT2D eigenvalue weighted by Crippen LogP contribution is 2.01. The van der Waals surface area contributed by atoms with Crippen LogP contribution in [0.2, 0.25) is 0 Å². The largest absolute Gasteiger partial charge is 0.480 e. The first-order chi connectivity index (χ1) is 6.99. The van der Waals surface area contributed by atoms with Crippen molar-refractivity contribution in [3.63, 3.8) is 0 Å². The van der Waals surface area contributed by atoms with Gasteiger partial charge in [-0.15, -0.1) is 24.8 Å². The SMILES string of the molecule is CN=C(C)N(C)CCCC[C@H](N)C(=O)O.Cl.Cl. The smallest absolute Gasteiger partial charge is 0.320 e. The highest BCUT2D eigenvalue weighted by molar-refractivity contribution is 5.85. The summed E-state index contributed by atoms with van der Waals surface area (Å²) in [6.45, 7) is 2.83. The molecule has 0 rings (SSSR count). The van der Waals surface area contributed by atoms with E-state index in [-0.39, 0.29) is 24.8 Å². The normalized spacial score (nSPS) is 12.1. The van der Waals surface area contributed by atoms with Crippen molar-refractivity contribution in [2.24, 2.45) is 10.7 Å². The summed E-state index contributed by atoms with van der Waals surface area (Å²) in [5.41, 5.74) is 5.38. The van der Waals surface area contributed by atoms with Gasteiger partial charge in [0.15, 0.2) is 0 Å². The Morgan fingerprint density at radius 2 is 1.94 bits per heavy atom. The summed E-state index contributed by atoms with van der Waals surface area (Å²) in [6, 6.07) is -0.726. The van der Waals surface area contributed by atoms with Crippen molar-refractivity contribution >= 4 is 36.6 Å². The van der Waals surface area contributed by atoms with Crippen molar-refractivity contribution in [3.05, 3.63) is 0 Å². The molecule has 104 valence electrons. The van der Waals surface area contributed by atoms with E-state index in [4.69, 9.17) is 10.8 Å². The van der Waals surface area contributed by atoms with Gasteiger partial charge in [0.05, 0.1) is 5.84 Å². The molecule has 3 N–H and O–H groups in total. The molecule has 0 aromatic rings. The molecule has 0 unspecified atom stereocenters. The number of amidine groups is 1. The van der Waals surface area contributed by atoms with Crippen molar-refractivity contribution in [1.82, 2.24) is 4.90 Å². The summed E-state index contributed by atoms with van der Waals surface area (Å²) in [5, 5.41) is 8.56. The number of hydrogen-bond acceptors (Lipinski definition) is 3. The van der Waals surface area contributed by atoms with Gasteiger partial charge in [-0.3, -0.25) is 9.79 Å². The first kappa shape index (κ1) is 21.7. The minimum Gasteiger partial charge on any atom is -0.480 e. The molecule has 0 aliphatic heterocycles. The number of hydrogen-bond donors (Lipinski definition) is 2. The Kier molecular flexibility index (Phi) is 15.3. The Bertz CT molecular complexity index is 238. The van der Waals surface area contributed by atoms with E-state index in [1.807, 2.05) is 18.9 Å². The van der Waals surface area contributed by atoms with Gasteiger partial charge in [0.1, 0.15) is 6.04 Å². The van der Waals surface area contributed by atoms with Crippen LogP contribution in [0.15, 0.2) is 4.99 Å². The van der Waals surface area contributed by atoms with Crippen LogP contribution in [-0.4, -0.2) is 48.5 Å². The van der Waals surface area contributed by atoms with Crippen LogP contribution in [0.4, 0.5) is 0 Å². The molecule has 0 aromatic heterocycles. The lowest BCUT2D eigenvalue weighted by Crippen LogP contribution is -2.30. The fraction of sp³-hybridized carbons (Fsp3) is 0.800. The van der Waals surface area contributed by atoms with E-state index >= 15 is 0 Å². The molecule has 0 aromatic carbocycles. The molecule has 0 heterocycles. The lowest BCUT2D eigenvalue weighted by atomic mass is 10.1. The first-order valence-corrected chi connectivity index (χ1v) is 5.12. The number of halogens is 2. The Morgan fingerprint density at radius 3 is 2.35 bits per heavy atom.